The van der Waals surface area contributed by atoms with Gasteiger partial charge in [-0.25, -0.2) is 0 Å². The lowest BCUT2D eigenvalue weighted by Crippen LogP contribution is -2.45. The molecule has 1 aliphatic heterocycles. The van der Waals surface area contributed by atoms with Crippen LogP contribution < -0.4 is 5.32 Å². The summed E-state index contributed by atoms with van der Waals surface area (Å²) in [6.45, 7) is 4.61. The fourth-order valence-corrected chi connectivity index (χ4v) is 4.23. The van der Waals surface area contributed by atoms with E-state index in [0.29, 0.717) is 10.0 Å². The van der Waals surface area contributed by atoms with Gasteiger partial charge in [-0.15, -0.1) is 0 Å². The molecular weight excluding hydrogens is 391 g/mol. The third kappa shape index (κ3) is 6.23. The minimum absolute atomic E-state index is 0.0407. The van der Waals surface area contributed by atoms with E-state index in [9.17, 15) is 4.79 Å². The highest BCUT2D eigenvalue weighted by Crippen LogP contribution is 2.25. The maximum Gasteiger partial charge on any atom is 0.224 e. The number of rotatable bonds is 7. The summed E-state index contributed by atoms with van der Waals surface area (Å²) in [4.78, 5) is 15.1. The van der Waals surface area contributed by atoms with Gasteiger partial charge in [0.25, 0.3) is 0 Å². The molecule has 0 radical (unpaired) electrons. The smallest absolute Gasteiger partial charge is 0.224 e. The standard InChI is InChI=1S/C23H28Cl2N2O/c1-17(9-10-18-6-3-2-4-7-18)26-23(28)20-8-5-13-27(16-20)15-19-11-12-21(24)14-22(19)25/h2-4,6-7,11-12,14,17,20H,5,8-10,13,15-16H2,1H3,(H,26,28)/t17-,20-/m1/s1. The van der Waals surface area contributed by atoms with Crippen LogP contribution in [0.5, 0.6) is 0 Å². The van der Waals surface area contributed by atoms with E-state index in [1.807, 2.05) is 18.2 Å². The zero-order chi connectivity index (χ0) is 19.9. The number of aryl methyl sites for hydroxylation is 1. The molecule has 2 aromatic carbocycles. The number of likely N-dealkylation sites (tertiary alicyclic amines) is 1. The van der Waals surface area contributed by atoms with Gasteiger partial charge >= 0.3 is 0 Å². The van der Waals surface area contributed by atoms with Crippen LogP contribution in [-0.2, 0) is 17.8 Å². The molecule has 1 N–H and O–H groups in total. The molecule has 1 amide bonds. The van der Waals surface area contributed by atoms with Crippen molar-refractivity contribution in [1.82, 2.24) is 10.2 Å². The van der Waals surface area contributed by atoms with Crippen molar-refractivity contribution in [2.45, 2.75) is 45.2 Å². The van der Waals surface area contributed by atoms with Crippen LogP contribution in [0.2, 0.25) is 10.0 Å². The summed E-state index contributed by atoms with van der Waals surface area (Å²) < 4.78 is 0. The van der Waals surface area contributed by atoms with E-state index in [1.54, 1.807) is 6.07 Å². The molecule has 5 heteroatoms. The molecule has 0 saturated carbocycles. The van der Waals surface area contributed by atoms with Crippen molar-refractivity contribution in [3.8, 4) is 0 Å². The highest BCUT2D eigenvalue weighted by atomic mass is 35.5. The third-order valence-electron chi connectivity index (χ3n) is 5.38. The first kappa shape index (κ1) is 21.2. The maximum absolute atomic E-state index is 12.7. The summed E-state index contributed by atoms with van der Waals surface area (Å²) in [5.41, 5.74) is 2.37. The number of benzene rings is 2. The molecule has 2 aromatic rings. The summed E-state index contributed by atoms with van der Waals surface area (Å²) in [5, 5.41) is 4.55. The Bertz CT molecular complexity index is 781. The number of nitrogens with zero attached hydrogens (tertiary/aromatic N) is 1. The third-order valence-corrected chi connectivity index (χ3v) is 5.97. The first-order valence-corrected chi connectivity index (χ1v) is 10.8. The molecule has 0 bridgehead atoms. The molecule has 2 atom stereocenters. The van der Waals surface area contributed by atoms with Crippen LogP contribution in [0.3, 0.4) is 0 Å². The molecule has 28 heavy (non-hydrogen) atoms. The number of carbonyl (C=O) groups excluding carboxylic acids is 1. The molecule has 150 valence electrons. The molecule has 1 heterocycles. The monoisotopic (exact) mass is 418 g/mol. The van der Waals surface area contributed by atoms with E-state index < -0.39 is 0 Å². The van der Waals surface area contributed by atoms with Crippen LogP contribution in [0, 0.1) is 5.92 Å². The van der Waals surface area contributed by atoms with Gasteiger partial charge < -0.3 is 5.32 Å². The molecule has 3 nitrogen and oxygen atoms in total. The van der Waals surface area contributed by atoms with E-state index in [1.165, 1.54) is 5.56 Å². The Hall–Kier alpha value is -1.55. The molecule has 1 saturated heterocycles. The van der Waals surface area contributed by atoms with Crippen LogP contribution in [0.4, 0.5) is 0 Å². The Labute approximate surface area is 178 Å². The van der Waals surface area contributed by atoms with Gasteiger partial charge in [-0.3, -0.25) is 9.69 Å². The lowest BCUT2D eigenvalue weighted by Gasteiger charge is -2.32. The van der Waals surface area contributed by atoms with Crippen molar-refractivity contribution >= 4 is 29.1 Å². The van der Waals surface area contributed by atoms with Crippen molar-refractivity contribution in [1.29, 1.82) is 0 Å². The Morgan fingerprint density at radius 1 is 1.21 bits per heavy atom. The number of halogens is 2. The topological polar surface area (TPSA) is 32.3 Å². The van der Waals surface area contributed by atoms with Gasteiger partial charge in [0.15, 0.2) is 0 Å². The largest absolute Gasteiger partial charge is 0.353 e. The molecule has 0 spiro atoms. The fraction of sp³-hybridized carbons (Fsp3) is 0.435. The lowest BCUT2D eigenvalue weighted by atomic mass is 9.96. The summed E-state index contributed by atoms with van der Waals surface area (Å²) in [6.07, 6.45) is 3.91. The second kappa shape index (κ2) is 10.3. The van der Waals surface area contributed by atoms with Crippen molar-refractivity contribution < 1.29 is 4.79 Å². The van der Waals surface area contributed by atoms with Crippen LogP contribution in [-0.4, -0.2) is 29.9 Å². The quantitative estimate of drug-likeness (QED) is 0.657. The molecule has 1 fully saturated rings. The predicted octanol–water partition coefficient (Wildman–Crippen LogP) is 5.34. The molecule has 3 rings (SSSR count). The van der Waals surface area contributed by atoms with Crippen molar-refractivity contribution in [3.63, 3.8) is 0 Å². The zero-order valence-electron chi connectivity index (χ0n) is 16.3. The van der Waals surface area contributed by atoms with E-state index in [-0.39, 0.29) is 17.9 Å². The first-order valence-electron chi connectivity index (χ1n) is 10.0. The van der Waals surface area contributed by atoms with E-state index in [0.717, 1.165) is 50.9 Å². The van der Waals surface area contributed by atoms with E-state index in [4.69, 9.17) is 23.2 Å². The summed E-state index contributed by atoms with van der Waals surface area (Å²) >= 11 is 12.3. The van der Waals surface area contributed by atoms with Gasteiger partial charge in [-0.05, 0) is 62.4 Å². The van der Waals surface area contributed by atoms with Gasteiger partial charge in [0.05, 0.1) is 5.92 Å². The normalized spacial score (nSPS) is 18.6. The minimum atomic E-state index is 0.0407. The van der Waals surface area contributed by atoms with Gasteiger partial charge in [0.2, 0.25) is 5.91 Å². The van der Waals surface area contributed by atoms with Crippen LogP contribution in [0.1, 0.15) is 37.3 Å². The average Bonchev–Trinajstić information content (AvgIpc) is 2.69. The number of amides is 1. The van der Waals surface area contributed by atoms with Crippen LogP contribution >= 0.6 is 23.2 Å². The molecule has 1 aliphatic rings. The van der Waals surface area contributed by atoms with Gasteiger partial charge in [-0.2, -0.15) is 0 Å². The SMILES string of the molecule is C[C@H](CCc1ccccc1)NC(=O)[C@@H]1CCCN(Cc2ccc(Cl)cc2Cl)C1. The Morgan fingerprint density at radius 3 is 2.75 bits per heavy atom. The molecular formula is C23H28Cl2N2O. The van der Waals surface area contributed by atoms with Crippen LogP contribution in [0.25, 0.3) is 0 Å². The highest BCUT2D eigenvalue weighted by Gasteiger charge is 2.26. The van der Waals surface area contributed by atoms with Crippen molar-refractivity contribution in [3.05, 3.63) is 69.7 Å². The molecule has 0 aliphatic carbocycles. The Morgan fingerprint density at radius 2 is 2.00 bits per heavy atom. The predicted molar refractivity (Wildman–Crippen MR) is 117 cm³/mol. The number of carbonyl (C=O) groups is 1. The average molecular weight is 419 g/mol. The first-order chi connectivity index (χ1) is 13.5. The second-order valence-electron chi connectivity index (χ2n) is 7.74. The summed E-state index contributed by atoms with van der Waals surface area (Å²) in [5.74, 6) is 0.214. The fourth-order valence-electron chi connectivity index (χ4n) is 3.76. The van der Waals surface area contributed by atoms with Gasteiger partial charge in [-0.1, -0.05) is 59.6 Å². The maximum atomic E-state index is 12.7. The number of hydrogen-bond donors (Lipinski definition) is 1. The minimum Gasteiger partial charge on any atom is -0.353 e. The van der Waals surface area contributed by atoms with E-state index in [2.05, 4.69) is 41.4 Å². The highest BCUT2D eigenvalue weighted by molar-refractivity contribution is 6.35. The number of hydrogen-bond acceptors (Lipinski definition) is 2. The van der Waals surface area contributed by atoms with E-state index >= 15 is 0 Å². The van der Waals surface area contributed by atoms with Crippen molar-refractivity contribution in [2.24, 2.45) is 5.92 Å². The lowest BCUT2D eigenvalue weighted by molar-refractivity contribution is -0.127. The van der Waals surface area contributed by atoms with Gasteiger partial charge in [0.1, 0.15) is 0 Å². The zero-order valence-corrected chi connectivity index (χ0v) is 17.8. The summed E-state index contributed by atoms with van der Waals surface area (Å²) in [6, 6.07) is 16.2. The second-order valence-corrected chi connectivity index (χ2v) is 8.59. The molecule has 0 unspecified atom stereocenters. The number of piperidine rings is 1. The summed E-state index contributed by atoms with van der Waals surface area (Å²) in [7, 11) is 0. The van der Waals surface area contributed by atoms with Crippen molar-refractivity contribution in [2.75, 3.05) is 13.1 Å². The number of nitrogens with one attached hydrogen (secondary N) is 1. The Kier molecular flexibility index (Phi) is 7.78. The molecule has 0 aromatic heterocycles. The Balaban J connectivity index is 1.48. The van der Waals surface area contributed by atoms with Gasteiger partial charge in [0, 0.05) is 29.2 Å². The van der Waals surface area contributed by atoms with Crippen LogP contribution in [0.15, 0.2) is 48.5 Å².